The molecule has 2 aromatic carbocycles. The molecule has 1 aliphatic rings. The molecule has 1 atom stereocenters. The van der Waals surface area contributed by atoms with Crippen molar-refractivity contribution in [3.63, 3.8) is 0 Å². The Balaban J connectivity index is 1.73. The number of halogens is 1. The van der Waals surface area contributed by atoms with Gasteiger partial charge in [0.25, 0.3) is 0 Å². The Bertz CT molecular complexity index is 805. The Morgan fingerprint density at radius 1 is 1.17 bits per heavy atom. The lowest BCUT2D eigenvalue weighted by Gasteiger charge is -2.16. The predicted molar refractivity (Wildman–Crippen MR) is 91.7 cm³/mol. The van der Waals surface area contributed by atoms with Crippen LogP contribution in [0.1, 0.15) is 23.6 Å². The van der Waals surface area contributed by atoms with Crippen molar-refractivity contribution in [2.24, 2.45) is 4.99 Å². The largest absolute Gasteiger partial charge is 0.261 e. The van der Waals surface area contributed by atoms with E-state index in [4.69, 9.17) is 4.84 Å². The van der Waals surface area contributed by atoms with Gasteiger partial charge >= 0.3 is 0 Å². The van der Waals surface area contributed by atoms with Gasteiger partial charge in [0.1, 0.15) is 5.82 Å². The predicted octanol–water partition coefficient (Wildman–Crippen LogP) is 2.74. The first-order chi connectivity index (χ1) is 11.7. The van der Waals surface area contributed by atoms with Gasteiger partial charge in [0, 0.05) is 16.7 Å². The maximum Gasteiger partial charge on any atom is 0.233 e. The van der Waals surface area contributed by atoms with E-state index < -0.39 is 0 Å². The average molecular weight is 323 g/mol. The number of amidine groups is 1. The van der Waals surface area contributed by atoms with Gasteiger partial charge in [0.2, 0.25) is 6.35 Å². The first-order valence-corrected chi connectivity index (χ1v) is 7.73. The number of hydrogen-bond acceptors (Lipinski definition) is 4. The first kappa shape index (κ1) is 16.2. The van der Waals surface area contributed by atoms with Crippen molar-refractivity contribution in [1.29, 1.82) is 0 Å². The molecule has 24 heavy (non-hydrogen) atoms. The summed E-state index contributed by atoms with van der Waals surface area (Å²) in [6, 6.07) is 13.9. The highest BCUT2D eigenvalue weighted by atomic mass is 19.1. The van der Waals surface area contributed by atoms with Gasteiger partial charge in [-0.2, -0.15) is 0 Å². The standard InChI is InChI=1S/C19H18FN3O/c1-3-23(2)19-21-18(22-24-19)16-11-9-14(10-12-16)7-8-15-5-4-6-17(20)13-15/h4-6,9-13,19H,3H2,1-2H3,(H,21,22). The lowest BCUT2D eigenvalue weighted by atomic mass is 10.1. The van der Waals surface area contributed by atoms with Crippen molar-refractivity contribution in [2.75, 3.05) is 13.6 Å². The molecule has 0 saturated heterocycles. The number of benzene rings is 2. The van der Waals surface area contributed by atoms with Gasteiger partial charge in [-0.05, 0) is 56.1 Å². The van der Waals surface area contributed by atoms with Crippen molar-refractivity contribution in [3.05, 3.63) is 71.0 Å². The lowest BCUT2D eigenvalue weighted by molar-refractivity contribution is -0.0517. The molecule has 4 nitrogen and oxygen atoms in total. The van der Waals surface area contributed by atoms with Crippen molar-refractivity contribution >= 4 is 5.84 Å². The van der Waals surface area contributed by atoms with E-state index >= 15 is 0 Å². The van der Waals surface area contributed by atoms with Crippen LogP contribution in [0.2, 0.25) is 0 Å². The summed E-state index contributed by atoms with van der Waals surface area (Å²) in [5.74, 6) is 6.39. The molecule has 2 aromatic rings. The van der Waals surface area contributed by atoms with Crippen LogP contribution < -0.4 is 5.48 Å². The molecule has 0 bridgehead atoms. The van der Waals surface area contributed by atoms with Crippen LogP contribution in [0, 0.1) is 17.7 Å². The molecule has 0 aromatic heterocycles. The van der Waals surface area contributed by atoms with E-state index in [1.165, 1.54) is 12.1 Å². The molecule has 0 aliphatic carbocycles. The Morgan fingerprint density at radius 2 is 1.92 bits per heavy atom. The zero-order valence-electron chi connectivity index (χ0n) is 13.6. The molecule has 1 aliphatic heterocycles. The molecular weight excluding hydrogens is 305 g/mol. The van der Waals surface area contributed by atoms with Crippen molar-refractivity contribution in [1.82, 2.24) is 10.4 Å². The summed E-state index contributed by atoms with van der Waals surface area (Å²) in [5.41, 5.74) is 5.29. The van der Waals surface area contributed by atoms with Gasteiger partial charge in [-0.15, -0.1) is 0 Å². The minimum absolute atomic E-state index is 0.283. The summed E-state index contributed by atoms with van der Waals surface area (Å²) in [6.45, 7) is 2.89. The minimum atomic E-state index is -0.308. The van der Waals surface area contributed by atoms with Gasteiger partial charge in [0.05, 0.1) is 0 Å². The Labute approximate surface area is 140 Å². The average Bonchev–Trinajstić information content (AvgIpc) is 3.10. The van der Waals surface area contributed by atoms with E-state index in [0.717, 1.165) is 17.7 Å². The summed E-state index contributed by atoms with van der Waals surface area (Å²) in [6.07, 6.45) is -0.308. The second-order valence-corrected chi connectivity index (χ2v) is 5.43. The number of aliphatic imine (C=N–C) groups is 1. The van der Waals surface area contributed by atoms with Gasteiger partial charge in [-0.3, -0.25) is 4.90 Å². The van der Waals surface area contributed by atoms with Gasteiger partial charge in [-0.25, -0.2) is 19.7 Å². The fourth-order valence-electron chi connectivity index (χ4n) is 2.17. The molecular formula is C19H18FN3O. The van der Waals surface area contributed by atoms with Crippen LogP contribution in [0.3, 0.4) is 0 Å². The van der Waals surface area contributed by atoms with E-state index in [-0.39, 0.29) is 12.2 Å². The molecule has 1 heterocycles. The van der Waals surface area contributed by atoms with Crippen LogP contribution in [0.5, 0.6) is 0 Å². The van der Waals surface area contributed by atoms with E-state index in [1.807, 2.05) is 43.1 Å². The normalized spacial score (nSPS) is 16.3. The molecule has 3 rings (SSSR count). The maximum atomic E-state index is 13.1. The third kappa shape index (κ3) is 3.80. The van der Waals surface area contributed by atoms with E-state index in [9.17, 15) is 4.39 Å². The van der Waals surface area contributed by atoms with E-state index in [2.05, 4.69) is 22.3 Å². The van der Waals surface area contributed by atoms with Crippen LogP contribution in [0.15, 0.2) is 53.5 Å². The van der Waals surface area contributed by atoms with Gasteiger partial charge in [0.15, 0.2) is 5.84 Å². The van der Waals surface area contributed by atoms with Crippen LogP contribution in [-0.2, 0) is 4.84 Å². The highest BCUT2D eigenvalue weighted by Gasteiger charge is 2.21. The highest BCUT2D eigenvalue weighted by molar-refractivity contribution is 5.98. The Kier molecular flexibility index (Phi) is 4.90. The molecule has 0 spiro atoms. The molecule has 1 unspecified atom stereocenters. The summed E-state index contributed by atoms with van der Waals surface area (Å²) < 4.78 is 13.1. The van der Waals surface area contributed by atoms with Gasteiger partial charge in [-0.1, -0.05) is 24.8 Å². The fraction of sp³-hybridized carbons (Fsp3) is 0.211. The van der Waals surface area contributed by atoms with Crippen molar-refractivity contribution < 1.29 is 9.23 Å². The number of nitrogens with zero attached hydrogens (tertiary/aromatic N) is 2. The summed E-state index contributed by atoms with van der Waals surface area (Å²) in [5, 5.41) is 0. The van der Waals surface area contributed by atoms with Crippen molar-refractivity contribution in [3.8, 4) is 11.8 Å². The second kappa shape index (κ2) is 7.26. The highest BCUT2D eigenvalue weighted by Crippen LogP contribution is 2.12. The number of nitrogens with one attached hydrogen (secondary N) is 1. The molecule has 0 fully saturated rings. The SMILES string of the molecule is CCN(C)C1N=C(c2ccc(C#Cc3cccc(F)c3)cc2)NO1. The summed E-state index contributed by atoms with van der Waals surface area (Å²) in [7, 11) is 1.95. The van der Waals surface area contributed by atoms with Crippen LogP contribution in [0.25, 0.3) is 0 Å². The topological polar surface area (TPSA) is 36.9 Å². The zero-order valence-corrected chi connectivity index (χ0v) is 13.6. The first-order valence-electron chi connectivity index (χ1n) is 7.73. The molecule has 0 radical (unpaired) electrons. The van der Waals surface area contributed by atoms with Crippen LogP contribution >= 0.6 is 0 Å². The van der Waals surface area contributed by atoms with Crippen LogP contribution in [-0.4, -0.2) is 30.7 Å². The van der Waals surface area contributed by atoms with E-state index in [0.29, 0.717) is 11.4 Å². The van der Waals surface area contributed by atoms with Gasteiger partial charge < -0.3 is 0 Å². The second-order valence-electron chi connectivity index (χ2n) is 5.43. The summed E-state index contributed by atoms with van der Waals surface area (Å²) in [4.78, 5) is 11.9. The molecule has 1 N–H and O–H groups in total. The van der Waals surface area contributed by atoms with Crippen molar-refractivity contribution in [2.45, 2.75) is 13.3 Å². The zero-order chi connectivity index (χ0) is 16.9. The maximum absolute atomic E-state index is 13.1. The van der Waals surface area contributed by atoms with Crippen LogP contribution in [0.4, 0.5) is 4.39 Å². The number of hydrogen-bond donors (Lipinski definition) is 1. The quantitative estimate of drug-likeness (QED) is 0.883. The fourth-order valence-corrected chi connectivity index (χ4v) is 2.17. The monoisotopic (exact) mass is 323 g/mol. The van der Waals surface area contributed by atoms with E-state index in [1.54, 1.807) is 12.1 Å². The minimum Gasteiger partial charge on any atom is -0.261 e. The Morgan fingerprint density at radius 3 is 2.62 bits per heavy atom. The summed E-state index contributed by atoms with van der Waals surface area (Å²) >= 11 is 0. The smallest absolute Gasteiger partial charge is 0.233 e. The Hall–Kier alpha value is -2.68. The third-order valence-electron chi connectivity index (χ3n) is 3.71. The number of rotatable bonds is 3. The lowest BCUT2D eigenvalue weighted by Crippen LogP contribution is -2.31. The molecule has 0 amide bonds. The third-order valence-corrected chi connectivity index (χ3v) is 3.71. The molecule has 122 valence electrons. The molecule has 0 saturated carbocycles. The number of hydroxylamine groups is 1. The molecule has 5 heteroatoms.